The highest BCUT2D eigenvalue weighted by atomic mass is 16.6. The Bertz CT molecular complexity index is 1180. The zero-order valence-electron chi connectivity index (χ0n) is 19.7. The molecule has 1 heterocycles. The molecule has 2 N–H and O–H groups in total. The van der Waals surface area contributed by atoms with Crippen molar-refractivity contribution in [1.82, 2.24) is 0 Å². The fraction of sp³-hybridized carbons (Fsp3) is 0.370. The number of rotatable bonds is 5. The third-order valence-corrected chi connectivity index (χ3v) is 6.78. The number of fused-ring (bicyclic) bond motifs is 2. The van der Waals surface area contributed by atoms with Crippen molar-refractivity contribution in [2.75, 3.05) is 19.5 Å². The summed E-state index contributed by atoms with van der Waals surface area (Å²) in [6, 6.07) is 11.9. The Morgan fingerprint density at radius 2 is 1.78 bits per heavy atom. The summed E-state index contributed by atoms with van der Waals surface area (Å²) in [7, 11) is 1.65. The molecule has 0 amide bonds. The van der Waals surface area contributed by atoms with Gasteiger partial charge in [0.15, 0.2) is 0 Å². The fourth-order valence-electron chi connectivity index (χ4n) is 4.42. The number of methoxy groups -OCH3 is 1. The van der Waals surface area contributed by atoms with Crippen LogP contribution in [0.3, 0.4) is 0 Å². The molecule has 0 saturated carbocycles. The fourth-order valence-corrected chi connectivity index (χ4v) is 4.42. The van der Waals surface area contributed by atoms with E-state index in [9.17, 15) is 4.79 Å². The molecule has 0 saturated heterocycles. The predicted octanol–water partition coefficient (Wildman–Crippen LogP) is 5.40. The molecule has 1 aliphatic rings. The van der Waals surface area contributed by atoms with Crippen molar-refractivity contribution in [3.05, 3.63) is 64.2 Å². The molecule has 0 aliphatic carbocycles. The molecule has 0 bridgehead atoms. The van der Waals surface area contributed by atoms with Gasteiger partial charge in [0.1, 0.15) is 23.7 Å². The van der Waals surface area contributed by atoms with Gasteiger partial charge < -0.3 is 19.9 Å². The largest absolute Gasteiger partial charge is 0.497 e. The molecular weight excluding hydrogens is 402 g/mol. The van der Waals surface area contributed by atoms with Gasteiger partial charge in [0, 0.05) is 17.7 Å². The first-order valence-corrected chi connectivity index (χ1v) is 10.9. The van der Waals surface area contributed by atoms with Crippen LogP contribution in [0.5, 0.6) is 11.5 Å². The maximum atomic E-state index is 12.9. The number of anilines is 1. The Balaban J connectivity index is 1.47. The first kappa shape index (κ1) is 22.0. The van der Waals surface area contributed by atoms with Crippen molar-refractivity contribution < 1.29 is 19.0 Å². The van der Waals surface area contributed by atoms with Gasteiger partial charge >= 0.3 is 5.97 Å². The average Bonchev–Trinajstić information content (AvgIpc) is 3.16. The maximum Gasteiger partial charge on any atom is 0.313 e. The molecule has 1 aliphatic heterocycles. The summed E-state index contributed by atoms with van der Waals surface area (Å²) in [5.41, 5.74) is 11.7. The Labute approximate surface area is 189 Å². The van der Waals surface area contributed by atoms with Gasteiger partial charge in [-0.05, 0) is 79.8 Å². The van der Waals surface area contributed by atoms with Crippen LogP contribution in [0.15, 0.2) is 36.4 Å². The number of ether oxygens (including phenoxy) is 3. The first-order chi connectivity index (χ1) is 15.1. The lowest BCUT2D eigenvalue weighted by Gasteiger charge is -2.25. The second-order valence-electron chi connectivity index (χ2n) is 9.13. The normalized spacial score (nSPS) is 18.2. The topological polar surface area (TPSA) is 70.8 Å². The van der Waals surface area contributed by atoms with Gasteiger partial charge in [0.2, 0.25) is 0 Å². The van der Waals surface area contributed by atoms with Gasteiger partial charge in [-0.25, -0.2) is 0 Å². The third-order valence-electron chi connectivity index (χ3n) is 6.78. The summed E-state index contributed by atoms with van der Waals surface area (Å²) in [6.07, 6.45) is 0.666. The van der Waals surface area contributed by atoms with E-state index in [1.807, 2.05) is 71.0 Å². The summed E-state index contributed by atoms with van der Waals surface area (Å²) in [6.45, 7) is 10.1. The number of esters is 1. The van der Waals surface area contributed by atoms with Crippen molar-refractivity contribution in [2.24, 2.45) is 0 Å². The molecular formula is C27H31NO4. The summed E-state index contributed by atoms with van der Waals surface area (Å²) in [4.78, 5) is 12.9. The van der Waals surface area contributed by atoms with Gasteiger partial charge in [-0.1, -0.05) is 24.3 Å². The van der Waals surface area contributed by atoms with E-state index in [4.69, 9.17) is 19.9 Å². The van der Waals surface area contributed by atoms with E-state index in [-0.39, 0.29) is 18.5 Å². The molecule has 3 aromatic carbocycles. The van der Waals surface area contributed by atoms with Crippen LogP contribution >= 0.6 is 0 Å². The van der Waals surface area contributed by atoms with Crippen LogP contribution in [0.4, 0.5) is 5.69 Å². The summed E-state index contributed by atoms with van der Waals surface area (Å²) in [5, 5.41) is 2.13. The molecule has 2 atom stereocenters. The molecule has 168 valence electrons. The molecule has 3 aromatic rings. The van der Waals surface area contributed by atoms with E-state index in [0.717, 1.165) is 55.8 Å². The smallest absolute Gasteiger partial charge is 0.313 e. The Kier molecular flexibility index (Phi) is 5.53. The molecule has 0 aromatic heterocycles. The number of nitrogen functional groups attached to an aromatic ring is 1. The van der Waals surface area contributed by atoms with Crippen molar-refractivity contribution in [3.63, 3.8) is 0 Å². The lowest BCUT2D eigenvalue weighted by atomic mass is 9.92. The van der Waals surface area contributed by atoms with Crippen LogP contribution in [0.2, 0.25) is 0 Å². The summed E-state index contributed by atoms with van der Waals surface area (Å²) < 4.78 is 17.3. The highest BCUT2D eigenvalue weighted by molar-refractivity contribution is 5.86. The number of benzene rings is 3. The van der Waals surface area contributed by atoms with Gasteiger partial charge in [-0.3, -0.25) is 4.79 Å². The zero-order valence-corrected chi connectivity index (χ0v) is 19.7. The summed E-state index contributed by atoms with van der Waals surface area (Å²) in [5.74, 6) is 1.05. The number of nitrogens with two attached hydrogens (primary N) is 1. The maximum absolute atomic E-state index is 12.9. The predicted molar refractivity (Wildman–Crippen MR) is 128 cm³/mol. The van der Waals surface area contributed by atoms with E-state index < -0.39 is 5.60 Å². The monoisotopic (exact) mass is 433 g/mol. The molecule has 4 rings (SSSR count). The molecule has 5 heteroatoms. The van der Waals surface area contributed by atoms with Crippen molar-refractivity contribution in [2.45, 2.75) is 52.6 Å². The Hall–Kier alpha value is -3.21. The summed E-state index contributed by atoms with van der Waals surface area (Å²) >= 11 is 0. The minimum atomic E-state index is -0.604. The number of hydrogen-bond acceptors (Lipinski definition) is 5. The molecule has 0 radical (unpaired) electrons. The molecule has 32 heavy (non-hydrogen) atoms. The third kappa shape index (κ3) is 3.77. The second kappa shape index (κ2) is 8.05. The van der Waals surface area contributed by atoms with E-state index in [1.54, 1.807) is 7.11 Å². The van der Waals surface area contributed by atoms with Crippen molar-refractivity contribution in [1.29, 1.82) is 0 Å². The highest BCUT2D eigenvalue weighted by Gasteiger charge is 2.39. The highest BCUT2D eigenvalue weighted by Crippen LogP contribution is 2.43. The number of carbonyl (C=O) groups excluding carboxylic acids is 1. The Morgan fingerprint density at radius 3 is 2.50 bits per heavy atom. The van der Waals surface area contributed by atoms with Crippen LogP contribution < -0.4 is 15.2 Å². The van der Waals surface area contributed by atoms with Gasteiger partial charge in [0.05, 0.1) is 13.0 Å². The molecule has 0 fully saturated rings. The van der Waals surface area contributed by atoms with Crippen LogP contribution in [-0.4, -0.2) is 25.3 Å². The van der Waals surface area contributed by atoms with Gasteiger partial charge in [-0.2, -0.15) is 0 Å². The average molecular weight is 434 g/mol. The number of carbonyl (C=O) groups is 1. The van der Waals surface area contributed by atoms with Gasteiger partial charge in [0.25, 0.3) is 0 Å². The van der Waals surface area contributed by atoms with Gasteiger partial charge in [-0.15, -0.1) is 0 Å². The van der Waals surface area contributed by atoms with Crippen LogP contribution in [0, 0.1) is 20.8 Å². The van der Waals surface area contributed by atoms with Crippen molar-refractivity contribution >= 4 is 22.4 Å². The molecule has 5 nitrogen and oxygen atoms in total. The standard InChI is InChI=1S/C27H31NO4/c1-15-16(2)25-23(18(4)24(15)28)13-27(5,32-25)14-31-26(29)17(3)19-7-8-21-12-22(30-6)10-9-20(21)11-19/h7-12,17H,13-14,28H2,1-6H3. The Morgan fingerprint density at radius 1 is 1.09 bits per heavy atom. The lowest BCUT2D eigenvalue weighted by molar-refractivity contribution is -0.150. The quantitative estimate of drug-likeness (QED) is 0.431. The second-order valence-corrected chi connectivity index (χ2v) is 9.13. The van der Waals surface area contributed by atoms with Crippen LogP contribution in [-0.2, 0) is 16.0 Å². The van der Waals surface area contributed by atoms with Crippen LogP contribution in [0.25, 0.3) is 10.8 Å². The molecule has 2 unspecified atom stereocenters. The van der Waals surface area contributed by atoms with E-state index in [0.29, 0.717) is 6.42 Å². The van der Waals surface area contributed by atoms with Crippen molar-refractivity contribution in [3.8, 4) is 11.5 Å². The van der Waals surface area contributed by atoms with Crippen LogP contribution in [0.1, 0.15) is 47.6 Å². The van der Waals surface area contributed by atoms with E-state index >= 15 is 0 Å². The van der Waals surface area contributed by atoms with E-state index in [2.05, 4.69) is 0 Å². The molecule has 0 spiro atoms. The minimum absolute atomic E-state index is 0.188. The zero-order chi connectivity index (χ0) is 23.2. The SMILES string of the molecule is COc1ccc2cc(C(C)C(=O)OCC3(C)Cc4c(C)c(N)c(C)c(C)c4O3)ccc2c1. The first-order valence-electron chi connectivity index (χ1n) is 10.9. The minimum Gasteiger partial charge on any atom is -0.497 e. The van der Waals surface area contributed by atoms with E-state index in [1.165, 1.54) is 0 Å². The number of hydrogen-bond donors (Lipinski definition) is 1. The lowest BCUT2D eigenvalue weighted by Crippen LogP contribution is -2.37.